The number of ether oxygens (including phenoxy) is 1. The zero-order valence-electron chi connectivity index (χ0n) is 9.63. The van der Waals surface area contributed by atoms with Crippen molar-refractivity contribution < 1.29 is 19.0 Å². The van der Waals surface area contributed by atoms with Gasteiger partial charge >= 0.3 is 5.97 Å². The van der Waals surface area contributed by atoms with Gasteiger partial charge in [0.05, 0.1) is 24.6 Å². The van der Waals surface area contributed by atoms with Gasteiger partial charge in [0.25, 0.3) is 0 Å². The number of carbonyl (C=O) groups is 1. The Morgan fingerprint density at radius 2 is 2.33 bits per heavy atom. The molecule has 0 spiro atoms. The van der Waals surface area contributed by atoms with Gasteiger partial charge < -0.3 is 9.84 Å². The van der Waals surface area contributed by atoms with Crippen molar-refractivity contribution in [2.24, 2.45) is 0 Å². The Balaban J connectivity index is 2.49. The molecule has 18 heavy (non-hydrogen) atoms. The Kier molecular flexibility index (Phi) is 3.27. The maximum Gasteiger partial charge on any atom is 0.335 e. The van der Waals surface area contributed by atoms with Gasteiger partial charge in [-0.15, -0.1) is 0 Å². The van der Waals surface area contributed by atoms with E-state index in [1.165, 1.54) is 29.1 Å². The van der Waals surface area contributed by atoms with Crippen LogP contribution in [0.4, 0.5) is 4.39 Å². The molecule has 0 aliphatic rings. The lowest BCUT2D eigenvalue weighted by atomic mass is 10.2. The number of carboxylic acid groups (broad SMARTS) is 1. The molecule has 2 rings (SSSR count). The minimum absolute atomic E-state index is 0.106. The van der Waals surface area contributed by atoms with Crippen LogP contribution in [-0.4, -0.2) is 27.5 Å². The van der Waals surface area contributed by atoms with E-state index in [-0.39, 0.29) is 5.56 Å². The van der Waals surface area contributed by atoms with Crippen molar-refractivity contribution in [1.82, 2.24) is 9.78 Å². The first-order chi connectivity index (χ1) is 8.61. The number of nitrogens with zero attached hydrogens (tertiary/aromatic N) is 2. The first-order valence-corrected chi connectivity index (χ1v) is 5.32. The fourth-order valence-corrected chi connectivity index (χ4v) is 1.54. The van der Waals surface area contributed by atoms with Gasteiger partial charge in [0.2, 0.25) is 0 Å². The molecule has 1 aromatic carbocycles. The lowest BCUT2D eigenvalue weighted by Crippen LogP contribution is -2.04. The lowest BCUT2D eigenvalue weighted by Gasteiger charge is -2.10. The predicted octanol–water partition coefficient (Wildman–Crippen LogP) is 2.11. The van der Waals surface area contributed by atoms with Gasteiger partial charge in [-0.1, -0.05) is 0 Å². The third-order valence-electron chi connectivity index (χ3n) is 2.30. The van der Waals surface area contributed by atoms with E-state index in [1.807, 2.05) is 0 Å². The molecule has 0 fully saturated rings. The number of carboxylic acids is 1. The van der Waals surface area contributed by atoms with E-state index in [0.29, 0.717) is 18.0 Å². The highest BCUT2D eigenvalue weighted by molar-refractivity contribution is 5.88. The van der Waals surface area contributed by atoms with Crippen LogP contribution in [0.15, 0.2) is 30.6 Å². The molecular weight excluding hydrogens is 239 g/mol. The summed E-state index contributed by atoms with van der Waals surface area (Å²) in [5, 5.41) is 12.7. The molecule has 0 atom stereocenters. The van der Waals surface area contributed by atoms with Crippen LogP contribution in [0.5, 0.6) is 5.75 Å². The summed E-state index contributed by atoms with van der Waals surface area (Å²) in [5.74, 6) is -1.17. The molecule has 0 aliphatic heterocycles. The zero-order chi connectivity index (χ0) is 13.1. The number of halogens is 1. The summed E-state index contributed by atoms with van der Waals surface area (Å²) in [6.07, 6.45) is 2.26. The number of aromatic carboxylic acids is 1. The average Bonchev–Trinajstić information content (AvgIpc) is 2.76. The van der Waals surface area contributed by atoms with Crippen LogP contribution < -0.4 is 4.74 Å². The number of hydrogen-bond acceptors (Lipinski definition) is 3. The molecule has 94 valence electrons. The van der Waals surface area contributed by atoms with Crippen LogP contribution >= 0.6 is 0 Å². The number of benzene rings is 1. The molecule has 1 heterocycles. The quantitative estimate of drug-likeness (QED) is 0.902. The van der Waals surface area contributed by atoms with E-state index >= 15 is 0 Å². The molecule has 0 saturated carbocycles. The van der Waals surface area contributed by atoms with Crippen LogP contribution in [0.3, 0.4) is 0 Å². The van der Waals surface area contributed by atoms with Crippen molar-refractivity contribution in [3.8, 4) is 11.4 Å². The molecule has 1 N–H and O–H groups in total. The highest BCUT2D eigenvalue weighted by Crippen LogP contribution is 2.24. The van der Waals surface area contributed by atoms with Gasteiger partial charge in [-0.25, -0.2) is 13.9 Å². The van der Waals surface area contributed by atoms with E-state index in [2.05, 4.69) is 5.10 Å². The molecule has 0 aliphatic carbocycles. The topological polar surface area (TPSA) is 64.3 Å². The summed E-state index contributed by atoms with van der Waals surface area (Å²) >= 11 is 0. The normalized spacial score (nSPS) is 10.3. The maximum absolute atomic E-state index is 12.9. The highest BCUT2D eigenvalue weighted by Gasteiger charge is 2.11. The van der Waals surface area contributed by atoms with E-state index in [1.54, 1.807) is 6.92 Å². The van der Waals surface area contributed by atoms with E-state index in [9.17, 15) is 9.18 Å². The third-order valence-corrected chi connectivity index (χ3v) is 2.30. The van der Waals surface area contributed by atoms with Gasteiger partial charge in [0.15, 0.2) is 5.82 Å². The minimum atomic E-state index is -1.05. The second kappa shape index (κ2) is 4.87. The van der Waals surface area contributed by atoms with Gasteiger partial charge in [-0.05, 0) is 25.1 Å². The van der Waals surface area contributed by atoms with Crippen LogP contribution in [0.25, 0.3) is 5.69 Å². The zero-order valence-corrected chi connectivity index (χ0v) is 9.63. The monoisotopic (exact) mass is 250 g/mol. The van der Waals surface area contributed by atoms with Crippen molar-refractivity contribution >= 4 is 5.97 Å². The Morgan fingerprint density at radius 1 is 1.56 bits per heavy atom. The lowest BCUT2D eigenvalue weighted by molar-refractivity contribution is 0.0696. The van der Waals surface area contributed by atoms with E-state index in [4.69, 9.17) is 9.84 Å². The maximum atomic E-state index is 12.9. The van der Waals surface area contributed by atoms with E-state index in [0.717, 1.165) is 6.20 Å². The van der Waals surface area contributed by atoms with Crippen molar-refractivity contribution in [3.63, 3.8) is 0 Å². The second-order valence-corrected chi connectivity index (χ2v) is 3.52. The number of aromatic nitrogens is 2. The molecule has 0 radical (unpaired) electrons. The molecule has 6 heteroatoms. The summed E-state index contributed by atoms with van der Waals surface area (Å²) in [6.45, 7) is 2.15. The molecular formula is C12H11FN2O3. The van der Waals surface area contributed by atoms with E-state index < -0.39 is 11.8 Å². The van der Waals surface area contributed by atoms with Gasteiger partial charge in [-0.3, -0.25) is 0 Å². The summed E-state index contributed by atoms with van der Waals surface area (Å²) in [6, 6.07) is 4.33. The summed E-state index contributed by atoms with van der Waals surface area (Å²) in [4.78, 5) is 10.9. The number of hydrogen-bond donors (Lipinski definition) is 1. The molecule has 0 amide bonds. The Morgan fingerprint density at radius 3 is 2.89 bits per heavy atom. The molecule has 0 saturated heterocycles. The standard InChI is InChI=1S/C12H11FN2O3/c1-2-18-11-5-8(12(16)17)3-4-10(11)15-7-9(13)6-14-15/h3-7H,2H2,1H3,(H,16,17). The fraction of sp³-hybridized carbons (Fsp3) is 0.167. The van der Waals surface area contributed by atoms with Crippen molar-refractivity contribution in [2.75, 3.05) is 6.61 Å². The Labute approximate surface area is 102 Å². The van der Waals surface area contributed by atoms with Gasteiger partial charge in [0, 0.05) is 0 Å². The molecule has 0 unspecified atom stereocenters. The minimum Gasteiger partial charge on any atom is -0.492 e. The smallest absolute Gasteiger partial charge is 0.335 e. The average molecular weight is 250 g/mol. The van der Waals surface area contributed by atoms with Crippen LogP contribution in [0.2, 0.25) is 0 Å². The van der Waals surface area contributed by atoms with Crippen molar-refractivity contribution in [2.45, 2.75) is 6.92 Å². The van der Waals surface area contributed by atoms with Crippen LogP contribution in [0.1, 0.15) is 17.3 Å². The van der Waals surface area contributed by atoms with Gasteiger partial charge in [-0.2, -0.15) is 5.10 Å². The van der Waals surface area contributed by atoms with Crippen molar-refractivity contribution in [3.05, 3.63) is 42.0 Å². The fourth-order valence-electron chi connectivity index (χ4n) is 1.54. The summed E-state index contributed by atoms with van der Waals surface area (Å²) < 4.78 is 19.6. The first-order valence-electron chi connectivity index (χ1n) is 5.32. The first kappa shape index (κ1) is 12.1. The molecule has 5 nitrogen and oxygen atoms in total. The van der Waals surface area contributed by atoms with Crippen LogP contribution in [0, 0.1) is 5.82 Å². The molecule has 2 aromatic rings. The number of rotatable bonds is 4. The molecule has 1 aromatic heterocycles. The summed E-state index contributed by atoms with van der Waals surface area (Å²) in [5.41, 5.74) is 0.598. The summed E-state index contributed by atoms with van der Waals surface area (Å²) in [7, 11) is 0. The molecule has 0 bridgehead atoms. The largest absolute Gasteiger partial charge is 0.492 e. The second-order valence-electron chi connectivity index (χ2n) is 3.52. The van der Waals surface area contributed by atoms with Crippen molar-refractivity contribution in [1.29, 1.82) is 0 Å². The van der Waals surface area contributed by atoms with Crippen LogP contribution in [-0.2, 0) is 0 Å². The highest BCUT2D eigenvalue weighted by atomic mass is 19.1. The Bertz CT molecular complexity index is 580. The SMILES string of the molecule is CCOc1cc(C(=O)O)ccc1-n1cc(F)cn1. The Hall–Kier alpha value is -2.37. The third kappa shape index (κ3) is 2.32. The predicted molar refractivity (Wildman–Crippen MR) is 61.7 cm³/mol. The van der Waals surface area contributed by atoms with Gasteiger partial charge in [0.1, 0.15) is 11.4 Å².